The van der Waals surface area contributed by atoms with E-state index in [2.05, 4.69) is 20.8 Å². The first-order valence-electron chi connectivity index (χ1n) is 18.2. The van der Waals surface area contributed by atoms with Gasteiger partial charge in [0.05, 0.1) is 29.6 Å². The summed E-state index contributed by atoms with van der Waals surface area (Å²) in [6.45, 7) is 15.0. The fourth-order valence-electron chi connectivity index (χ4n) is 10.1. The largest absolute Gasteiger partial charge is 0.509 e. The van der Waals surface area contributed by atoms with Crippen molar-refractivity contribution in [1.29, 1.82) is 0 Å². The average Bonchev–Trinajstić information content (AvgIpc) is 3.47. The summed E-state index contributed by atoms with van der Waals surface area (Å²) in [6.07, 6.45) is -9.00. The zero-order valence-corrected chi connectivity index (χ0v) is 32.3. The molecule has 4 fully saturated rings. The lowest BCUT2D eigenvalue weighted by atomic mass is 9.44. The summed E-state index contributed by atoms with van der Waals surface area (Å²) in [4.78, 5) is 69.8. The zero-order valence-electron chi connectivity index (χ0n) is 31.3. The monoisotopic (exact) mass is 742 g/mol. The van der Waals surface area contributed by atoms with Gasteiger partial charge in [0.15, 0.2) is 38.0 Å². The Kier molecular flexibility index (Phi) is 9.58. The van der Waals surface area contributed by atoms with Gasteiger partial charge >= 0.3 is 24.1 Å². The van der Waals surface area contributed by atoms with Gasteiger partial charge in [0, 0.05) is 25.7 Å². The molecule has 14 heteroatoms. The highest BCUT2D eigenvalue weighted by Gasteiger charge is 2.83. The first-order chi connectivity index (χ1) is 24.4. The zero-order chi connectivity index (χ0) is 38.2. The van der Waals surface area contributed by atoms with E-state index in [9.17, 15) is 24.3 Å². The SMILES string of the molecule is CC[Si](CC)(CC)O[C@H]1CC2OC[C@@]2(OC(C)=O)[C@H]2[C@H](OC(=O)c3ccccc3)[C@]34OC(=O)O[C@H]3[C@H](O)C(C)=C([C@@H](OC(C)=O)C(=O)[C@]12C)C4(C)C. The Labute approximate surface area is 304 Å². The number of Topliss-reactive ketones (excluding diaryl/α,β-unsaturated/α-hetero) is 1. The molecule has 5 aliphatic rings. The third kappa shape index (κ3) is 5.22. The molecule has 1 spiro atoms. The average molecular weight is 743 g/mol. The third-order valence-electron chi connectivity index (χ3n) is 13.0. The number of carbonyl (C=O) groups is 5. The van der Waals surface area contributed by atoms with Gasteiger partial charge in [0.25, 0.3) is 0 Å². The van der Waals surface area contributed by atoms with Crippen molar-refractivity contribution in [1.82, 2.24) is 0 Å². The molecule has 0 radical (unpaired) electrons. The van der Waals surface area contributed by atoms with E-state index in [0.29, 0.717) is 0 Å². The van der Waals surface area contributed by atoms with Gasteiger partial charge in [-0.05, 0) is 55.3 Å². The number of aliphatic hydroxyl groups is 1. The summed E-state index contributed by atoms with van der Waals surface area (Å²) in [5.74, 6) is -4.18. The Hall–Kier alpha value is -3.59. The number of benzene rings is 1. The molecule has 3 aliphatic carbocycles. The first kappa shape index (κ1) is 38.1. The molecule has 1 aromatic rings. The topological polar surface area (TPSA) is 170 Å². The second-order valence-corrected chi connectivity index (χ2v) is 20.3. The van der Waals surface area contributed by atoms with Gasteiger partial charge < -0.3 is 38.0 Å². The maximum Gasteiger partial charge on any atom is 0.509 e. The van der Waals surface area contributed by atoms with Crippen LogP contribution in [0.2, 0.25) is 18.1 Å². The van der Waals surface area contributed by atoms with Crippen LogP contribution in [0.25, 0.3) is 0 Å². The molecular formula is C38H50O13Si. The van der Waals surface area contributed by atoms with Gasteiger partial charge in [-0.3, -0.25) is 14.4 Å². The standard InChI is InChI=1S/C38H50O13Si/c1-10-52(11-2,12-3)51-24-18-25-37(19-45-25,49-22(6)40)29-32(47-33(43)23-16-14-13-15-17-23)38-31(48-34(44)50-38)27(41)20(4)26(35(38,7)8)28(46-21(5)39)30(42)36(24,29)9/h13-17,24-25,27-29,31-32,41H,10-12,18-19H2,1-9H3/t24-,25?,27+,28+,29-,31-,32-,36+,37-,38+/m0/s1. The number of ether oxygens (including phenoxy) is 6. The van der Waals surface area contributed by atoms with E-state index >= 15 is 4.79 Å². The van der Waals surface area contributed by atoms with Crippen LogP contribution >= 0.6 is 0 Å². The molecule has 1 N–H and O–H groups in total. The smallest absolute Gasteiger partial charge is 0.454 e. The van der Waals surface area contributed by atoms with Crippen molar-refractivity contribution in [3.63, 3.8) is 0 Å². The summed E-state index contributed by atoms with van der Waals surface area (Å²) >= 11 is 0. The normalized spacial score (nSPS) is 37.5. The highest BCUT2D eigenvalue weighted by molar-refractivity contribution is 6.73. The van der Waals surface area contributed by atoms with Crippen molar-refractivity contribution in [2.75, 3.05) is 6.61 Å². The van der Waals surface area contributed by atoms with Gasteiger partial charge in [0.2, 0.25) is 5.60 Å². The van der Waals surface area contributed by atoms with Crippen LogP contribution in [-0.4, -0.2) is 97.7 Å². The van der Waals surface area contributed by atoms with Crippen molar-refractivity contribution >= 4 is 38.2 Å². The number of fused-ring (bicyclic) bond motifs is 4. The minimum Gasteiger partial charge on any atom is -0.454 e. The van der Waals surface area contributed by atoms with E-state index in [0.717, 1.165) is 18.1 Å². The van der Waals surface area contributed by atoms with E-state index in [4.69, 9.17) is 32.8 Å². The molecule has 10 atom stereocenters. The second kappa shape index (κ2) is 13.1. The molecule has 0 amide bonds. The molecule has 6 rings (SSSR count). The molecule has 2 heterocycles. The van der Waals surface area contributed by atoms with Crippen molar-refractivity contribution < 1.29 is 61.9 Å². The summed E-state index contributed by atoms with van der Waals surface area (Å²) in [7, 11) is -2.54. The summed E-state index contributed by atoms with van der Waals surface area (Å²) in [5.41, 5.74) is -6.33. The van der Waals surface area contributed by atoms with Crippen LogP contribution in [0.5, 0.6) is 0 Å². The molecule has 2 bridgehead atoms. The minimum atomic E-state index is -2.54. The number of hydrogen-bond acceptors (Lipinski definition) is 13. The van der Waals surface area contributed by atoms with E-state index < -0.39 is 103 Å². The van der Waals surface area contributed by atoms with Crippen LogP contribution in [0.15, 0.2) is 41.5 Å². The van der Waals surface area contributed by atoms with Gasteiger partial charge in [-0.1, -0.05) is 52.8 Å². The molecule has 1 aromatic carbocycles. The summed E-state index contributed by atoms with van der Waals surface area (Å²) < 4.78 is 44.3. The van der Waals surface area contributed by atoms with Gasteiger partial charge in [0.1, 0.15) is 12.2 Å². The maximum absolute atomic E-state index is 15.8. The quantitative estimate of drug-likeness (QED) is 0.158. The van der Waals surface area contributed by atoms with Gasteiger partial charge in [-0.15, -0.1) is 0 Å². The lowest BCUT2D eigenvalue weighted by Crippen LogP contribution is -2.83. The Balaban J connectivity index is 1.74. The van der Waals surface area contributed by atoms with E-state index in [1.54, 1.807) is 58.0 Å². The van der Waals surface area contributed by atoms with Crippen LogP contribution in [0.4, 0.5) is 4.79 Å². The Morgan fingerprint density at radius 1 is 0.962 bits per heavy atom. The molecule has 2 aliphatic heterocycles. The molecule has 52 heavy (non-hydrogen) atoms. The fourth-order valence-corrected chi connectivity index (χ4v) is 13.0. The number of rotatable bonds is 9. The van der Waals surface area contributed by atoms with Crippen molar-refractivity contribution in [3.05, 3.63) is 47.0 Å². The first-order valence-corrected chi connectivity index (χ1v) is 20.7. The minimum absolute atomic E-state index is 0.129. The Bertz CT molecular complexity index is 1680. The van der Waals surface area contributed by atoms with Crippen molar-refractivity contribution in [3.8, 4) is 0 Å². The number of ketones is 1. The summed E-state index contributed by atoms with van der Waals surface area (Å²) in [5, 5.41) is 12.0. The Morgan fingerprint density at radius 2 is 1.60 bits per heavy atom. The molecule has 2 saturated heterocycles. The summed E-state index contributed by atoms with van der Waals surface area (Å²) in [6, 6.07) is 10.4. The highest BCUT2D eigenvalue weighted by atomic mass is 28.4. The lowest BCUT2D eigenvalue weighted by Gasteiger charge is -2.68. The van der Waals surface area contributed by atoms with Crippen molar-refractivity contribution in [2.45, 2.75) is 135 Å². The van der Waals surface area contributed by atoms with Crippen LogP contribution in [0, 0.1) is 16.7 Å². The molecular weight excluding hydrogens is 692 g/mol. The van der Waals surface area contributed by atoms with E-state index in [1.165, 1.54) is 13.8 Å². The lowest BCUT2D eigenvalue weighted by molar-refractivity contribution is -0.344. The number of aliphatic hydroxyl groups excluding tert-OH is 1. The highest BCUT2D eigenvalue weighted by Crippen LogP contribution is 2.67. The van der Waals surface area contributed by atoms with Crippen LogP contribution < -0.4 is 0 Å². The number of carbonyl (C=O) groups excluding carboxylic acids is 5. The van der Waals surface area contributed by atoms with Crippen LogP contribution in [0.3, 0.4) is 0 Å². The second-order valence-electron chi connectivity index (χ2n) is 15.6. The van der Waals surface area contributed by atoms with Crippen LogP contribution in [0.1, 0.15) is 79.1 Å². The van der Waals surface area contributed by atoms with Crippen molar-refractivity contribution in [2.24, 2.45) is 16.7 Å². The van der Waals surface area contributed by atoms with E-state index in [-0.39, 0.29) is 29.7 Å². The van der Waals surface area contributed by atoms with Gasteiger partial charge in [-0.25, -0.2) is 9.59 Å². The molecule has 284 valence electrons. The number of hydrogen-bond donors (Lipinski definition) is 1. The predicted octanol–water partition coefficient (Wildman–Crippen LogP) is 4.84. The maximum atomic E-state index is 15.8. The van der Waals surface area contributed by atoms with Crippen LogP contribution in [-0.2, 0) is 47.2 Å². The third-order valence-corrected chi connectivity index (χ3v) is 17.6. The fraction of sp³-hybridized carbons (Fsp3) is 0.658. The van der Waals surface area contributed by atoms with E-state index in [1.807, 2.05) is 0 Å². The molecule has 1 unspecified atom stereocenters. The predicted molar refractivity (Wildman–Crippen MR) is 185 cm³/mol. The van der Waals surface area contributed by atoms with Gasteiger partial charge in [-0.2, -0.15) is 0 Å². The molecule has 2 saturated carbocycles. The number of esters is 3. The molecule has 13 nitrogen and oxygen atoms in total. The Morgan fingerprint density at radius 3 is 2.13 bits per heavy atom. The molecule has 0 aromatic heterocycles.